The third-order valence-corrected chi connectivity index (χ3v) is 5.59. The Morgan fingerprint density at radius 2 is 2.12 bits per heavy atom. The number of carbonyl (C=O) groups is 1. The molecule has 2 aromatic heterocycles. The molecule has 0 bridgehead atoms. The molecule has 1 aliphatic heterocycles. The molecule has 1 fully saturated rings. The highest BCUT2D eigenvalue weighted by Gasteiger charge is 2.27. The molecule has 26 heavy (non-hydrogen) atoms. The summed E-state index contributed by atoms with van der Waals surface area (Å²) in [6.45, 7) is 3.50. The van der Waals surface area contributed by atoms with Crippen molar-refractivity contribution in [2.24, 2.45) is 5.92 Å². The summed E-state index contributed by atoms with van der Waals surface area (Å²) in [5.41, 5.74) is 1.77. The van der Waals surface area contributed by atoms with E-state index in [-0.39, 0.29) is 5.92 Å². The maximum absolute atomic E-state index is 11.2. The maximum atomic E-state index is 11.2. The van der Waals surface area contributed by atoms with Gasteiger partial charge in [0.15, 0.2) is 5.82 Å². The molecule has 0 aliphatic carbocycles. The molecule has 8 heteroatoms. The van der Waals surface area contributed by atoms with Gasteiger partial charge in [-0.15, -0.1) is 0 Å². The van der Waals surface area contributed by atoms with Gasteiger partial charge in [0.05, 0.1) is 29.8 Å². The molecule has 1 N–H and O–H groups in total. The number of piperidine rings is 1. The molecule has 0 unspecified atom stereocenters. The van der Waals surface area contributed by atoms with Crippen molar-refractivity contribution >= 4 is 23.1 Å². The number of carboxylic acids is 1. The molecule has 0 amide bonds. The molecule has 1 saturated heterocycles. The number of nitrogens with zero attached hydrogens (tertiary/aromatic N) is 4. The second kappa shape index (κ2) is 8.44. The van der Waals surface area contributed by atoms with Gasteiger partial charge < -0.3 is 14.7 Å². The molecule has 0 radical (unpaired) electrons. The summed E-state index contributed by atoms with van der Waals surface area (Å²) in [5, 5.41) is 9.82. The van der Waals surface area contributed by atoms with Gasteiger partial charge in [0.1, 0.15) is 5.69 Å². The average Bonchev–Trinajstić information content (AvgIpc) is 3.15. The summed E-state index contributed by atoms with van der Waals surface area (Å²) < 4.78 is 5.20. The number of hydrogen-bond acceptors (Lipinski definition) is 7. The summed E-state index contributed by atoms with van der Waals surface area (Å²) in [5.74, 6) is -0.150. The first-order valence-electron chi connectivity index (χ1n) is 8.96. The molecular weight excluding hydrogens is 352 g/mol. The van der Waals surface area contributed by atoms with E-state index < -0.39 is 5.97 Å². The Hall–Kier alpha value is -2.22. The zero-order chi connectivity index (χ0) is 18.5. The number of anilines is 1. The van der Waals surface area contributed by atoms with Gasteiger partial charge in [0, 0.05) is 19.3 Å². The van der Waals surface area contributed by atoms with Crippen LogP contribution in [0.5, 0.6) is 5.19 Å². The summed E-state index contributed by atoms with van der Waals surface area (Å²) in [6.07, 6.45) is 7.92. The first-order valence-corrected chi connectivity index (χ1v) is 9.77. The Morgan fingerprint density at radius 1 is 1.35 bits per heavy atom. The molecule has 7 nitrogen and oxygen atoms in total. The van der Waals surface area contributed by atoms with Gasteiger partial charge >= 0.3 is 5.97 Å². The predicted molar refractivity (Wildman–Crippen MR) is 101 cm³/mol. The van der Waals surface area contributed by atoms with Crippen molar-refractivity contribution in [2.45, 2.75) is 39.0 Å². The molecule has 0 aromatic carbocycles. The van der Waals surface area contributed by atoms with Crippen LogP contribution in [0.25, 0.3) is 10.6 Å². The standard InChI is InChI=1S/C18H24N4O3S/c1-3-4-5-13-10-19-15(14-11-20-18(25-2)26-14)16(21-13)22-8-6-12(7-9-22)17(23)24/h10-12H,3-9H2,1-2H3,(H,23,24). The van der Waals surface area contributed by atoms with Crippen LogP contribution in [0.3, 0.4) is 0 Å². The molecule has 140 valence electrons. The molecule has 1 aliphatic rings. The quantitative estimate of drug-likeness (QED) is 0.793. The molecule has 2 aromatic rings. The Morgan fingerprint density at radius 3 is 2.73 bits per heavy atom. The highest BCUT2D eigenvalue weighted by atomic mass is 32.1. The maximum Gasteiger partial charge on any atom is 0.306 e. The van der Waals surface area contributed by atoms with Crippen molar-refractivity contribution in [3.8, 4) is 15.8 Å². The van der Waals surface area contributed by atoms with Crippen molar-refractivity contribution in [3.05, 3.63) is 18.1 Å². The Labute approximate surface area is 157 Å². The van der Waals surface area contributed by atoms with Gasteiger partial charge in [-0.1, -0.05) is 24.7 Å². The molecule has 0 saturated carbocycles. The smallest absolute Gasteiger partial charge is 0.306 e. The predicted octanol–water partition coefficient (Wildman–Crippen LogP) is 3.25. The summed E-state index contributed by atoms with van der Waals surface area (Å²) in [7, 11) is 1.60. The fourth-order valence-corrected chi connectivity index (χ4v) is 3.81. The molecule has 0 spiro atoms. The van der Waals surface area contributed by atoms with E-state index in [1.54, 1.807) is 13.3 Å². The van der Waals surface area contributed by atoms with Crippen molar-refractivity contribution < 1.29 is 14.6 Å². The van der Waals surface area contributed by atoms with Crippen LogP contribution in [0.1, 0.15) is 38.3 Å². The number of ether oxygens (including phenoxy) is 1. The second-order valence-electron chi connectivity index (χ2n) is 6.43. The Bertz CT molecular complexity index is 757. The third kappa shape index (κ3) is 4.12. The Balaban J connectivity index is 1.90. The molecular formula is C18H24N4O3S. The van der Waals surface area contributed by atoms with Crippen LogP contribution in [0.15, 0.2) is 12.4 Å². The second-order valence-corrected chi connectivity index (χ2v) is 7.42. The molecule has 3 heterocycles. The highest BCUT2D eigenvalue weighted by Crippen LogP contribution is 2.35. The number of rotatable bonds is 7. The van der Waals surface area contributed by atoms with Gasteiger partial charge in [-0.2, -0.15) is 0 Å². The summed E-state index contributed by atoms with van der Waals surface area (Å²) in [4.78, 5) is 28.1. The molecule has 0 atom stereocenters. The lowest BCUT2D eigenvalue weighted by Gasteiger charge is -2.32. The monoisotopic (exact) mass is 376 g/mol. The normalized spacial score (nSPS) is 15.2. The van der Waals surface area contributed by atoms with Crippen LogP contribution in [-0.2, 0) is 11.2 Å². The number of aliphatic carboxylic acids is 1. The van der Waals surface area contributed by atoms with Crippen molar-refractivity contribution in [1.29, 1.82) is 0 Å². The van der Waals surface area contributed by atoms with Gasteiger partial charge in [0.2, 0.25) is 0 Å². The number of methoxy groups -OCH3 is 1. The van der Waals surface area contributed by atoms with Crippen LogP contribution in [0.2, 0.25) is 0 Å². The number of unbranched alkanes of at least 4 members (excludes halogenated alkanes) is 1. The van der Waals surface area contributed by atoms with E-state index in [1.165, 1.54) is 11.3 Å². The Kier molecular flexibility index (Phi) is 6.03. The van der Waals surface area contributed by atoms with E-state index in [9.17, 15) is 9.90 Å². The minimum Gasteiger partial charge on any atom is -0.481 e. The van der Waals surface area contributed by atoms with Gasteiger partial charge in [0.25, 0.3) is 5.19 Å². The van der Waals surface area contributed by atoms with Gasteiger partial charge in [-0.05, 0) is 25.7 Å². The van der Waals surface area contributed by atoms with Gasteiger partial charge in [-0.3, -0.25) is 4.79 Å². The zero-order valence-electron chi connectivity index (χ0n) is 15.1. The van der Waals surface area contributed by atoms with Crippen molar-refractivity contribution in [1.82, 2.24) is 15.0 Å². The fraction of sp³-hybridized carbons (Fsp3) is 0.556. The number of aryl methyl sites for hydroxylation is 1. The van der Waals surface area contributed by atoms with Crippen LogP contribution < -0.4 is 9.64 Å². The largest absolute Gasteiger partial charge is 0.481 e. The fourth-order valence-electron chi connectivity index (χ4n) is 3.09. The van der Waals surface area contributed by atoms with E-state index in [1.807, 2.05) is 6.20 Å². The topological polar surface area (TPSA) is 88.4 Å². The lowest BCUT2D eigenvalue weighted by atomic mass is 9.97. The highest BCUT2D eigenvalue weighted by molar-refractivity contribution is 7.16. The average molecular weight is 376 g/mol. The minimum atomic E-state index is -0.708. The van der Waals surface area contributed by atoms with Crippen molar-refractivity contribution in [2.75, 3.05) is 25.1 Å². The van der Waals surface area contributed by atoms with Gasteiger partial charge in [-0.25, -0.2) is 15.0 Å². The number of aromatic nitrogens is 3. The lowest BCUT2D eigenvalue weighted by Crippen LogP contribution is -2.37. The number of hydrogen-bond donors (Lipinski definition) is 1. The van der Waals surface area contributed by atoms with Crippen molar-refractivity contribution in [3.63, 3.8) is 0 Å². The summed E-state index contributed by atoms with van der Waals surface area (Å²) >= 11 is 1.44. The molecule has 3 rings (SSSR count). The van der Waals surface area contributed by atoms with E-state index in [0.29, 0.717) is 31.1 Å². The van der Waals surface area contributed by atoms with E-state index >= 15 is 0 Å². The third-order valence-electron chi connectivity index (χ3n) is 4.63. The van der Waals surface area contributed by atoms with Crippen LogP contribution in [0.4, 0.5) is 5.82 Å². The first kappa shape index (κ1) is 18.6. The number of carboxylic acid groups (broad SMARTS) is 1. The van der Waals surface area contributed by atoms with Crippen LogP contribution in [0, 0.1) is 5.92 Å². The SMILES string of the molecule is CCCCc1cnc(-c2cnc(OC)s2)c(N2CCC(C(=O)O)CC2)n1. The first-order chi connectivity index (χ1) is 12.6. The van der Waals surface area contributed by atoms with E-state index in [0.717, 1.165) is 41.3 Å². The lowest BCUT2D eigenvalue weighted by molar-refractivity contribution is -0.142. The van der Waals surface area contributed by atoms with Crippen LogP contribution >= 0.6 is 11.3 Å². The van der Waals surface area contributed by atoms with E-state index in [2.05, 4.69) is 21.8 Å². The van der Waals surface area contributed by atoms with Crippen LogP contribution in [-0.4, -0.2) is 46.2 Å². The zero-order valence-corrected chi connectivity index (χ0v) is 16.0. The van der Waals surface area contributed by atoms with E-state index in [4.69, 9.17) is 9.72 Å². The number of thiazole rings is 1. The minimum absolute atomic E-state index is 0.269. The summed E-state index contributed by atoms with van der Waals surface area (Å²) in [6, 6.07) is 0.